The second-order valence-electron chi connectivity index (χ2n) is 4.58. The molecule has 0 spiro atoms. The highest BCUT2D eigenvalue weighted by Gasteiger charge is 2.35. The van der Waals surface area contributed by atoms with Crippen LogP contribution in [0.25, 0.3) is 22.2 Å². The molecule has 0 saturated heterocycles. The number of rotatable bonds is 1. The van der Waals surface area contributed by atoms with Crippen molar-refractivity contribution in [3.8, 4) is 11.3 Å². The van der Waals surface area contributed by atoms with Gasteiger partial charge < -0.3 is 0 Å². The van der Waals surface area contributed by atoms with Crippen molar-refractivity contribution in [1.82, 2.24) is 4.98 Å². The predicted octanol–water partition coefficient (Wildman–Crippen LogP) is 5.57. The van der Waals surface area contributed by atoms with Gasteiger partial charge in [-0.2, -0.15) is 13.2 Å². The summed E-state index contributed by atoms with van der Waals surface area (Å²) in [5.74, 6) is 0. The Hall–Kier alpha value is -2.07. The van der Waals surface area contributed by atoms with Crippen molar-refractivity contribution in [1.29, 1.82) is 0 Å². The summed E-state index contributed by atoms with van der Waals surface area (Å²) >= 11 is 5.78. The van der Waals surface area contributed by atoms with E-state index in [1.165, 1.54) is 12.1 Å². The van der Waals surface area contributed by atoms with Gasteiger partial charge in [0.2, 0.25) is 0 Å². The molecule has 3 aromatic rings. The SMILES string of the molecule is FC(F)(F)c1cc2ccccc2nc1-c1ccc(Cl)cc1. The molecule has 0 aliphatic rings. The van der Waals surface area contributed by atoms with Crippen molar-refractivity contribution in [2.24, 2.45) is 0 Å². The topological polar surface area (TPSA) is 12.9 Å². The minimum absolute atomic E-state index is 0.0853. The van der Waals surface area contributed by atoms with E-state index in [1.54, 1.807) is 36.4 Å². The maximum atomic E-state index is 13.3. The van der Waals surface area contributed by atoms with E-state index in [0.29, 0.717) is 21.5 Å². The lowest BCUT2D eigenvalue weighted by molar-refractivity contribution is -0.137. The summed E-state index contributed by atoms with van der Waals surface area (Å²) in [4.78, 5) is 4.18. The molecule has 0 saturated carbocycles. The van der Waals surface area contributed by atoms with E-state index in [4.69, 9.17) is 11.6 Å². The van der Waals surface area contributed by atoms with Gasteiger partial charge in [-0.1, -0.05) is 41.9 Å². The van der Waals surface area contributed by atoms with Gasteiger partial charge >= 0.3 is 6.18 Å². The first-order chi connectivity index (χ1) is 9.95. The highest BCUT2D eigenvalue weighted by atomic mass is 35.5. The van der Waals surface area contributed by atoms with E-state index in [1.807, 2.05) is 0 Å². The van der Waals surface area contributed by atoms with Gasteiger partial charge in [-0.25, -0.2) is 4.98 Å². The van der Waals surface area contributed by atoms with Gasteiger partial charge in [-0.15, -0.1) is 0 Å². The van der Waals surface area contributed by atoms with E-state index in [0.717, 1.165) is 6.07 Å². The summed E-state index contributed by atoms with van der Waals surface area (Å²) in [6, 6.07) is 14.0. The number of alkyl halides is 3. The standard InChI is InChI=1S/C16H9ClF3N/c17-12-7-5-10(6-8-12)15-13(16(18,19)20)9-11-3-1-2-4-14(11)21-15/h1-9H. The van der Waals surface area contributed by atoms with Crippen LogP contribution in [0.4, 0.5) is 13.2 Å². The Balaban J connectivity index is 2.30. The fourth-order valence-electron chi connectivity index (χ4n) is 2.16. The zero-order valence-corrected chi connectivity index (χ0v) is 11.4. The molecule has 106 valence electrons. The van der Waals surface area contributed by atoms with Crippen LogP contribution in [0.1, 0.15) is 5.56 Å². The van der Waals surface area contributed by atoms with Crippen LogP contribution in [0, 0.1) is 0 Å². The molecule has 2 aromatic carbocycles. The predicted molar refractivity (Wildman–Crippen MR) is 77.2 cm³/mol. The van der Waals surface area contributed by atoms with Crippen LogP contribution >= 0.6 is 11.6 Å². The van der Waals surface area contributed by atoms with Gasteiger partial charge in [0, 0.05) is 16.0 Å². The second-order valence-corrected chi connectivity index (χ2v) is 5.02. The third-order valence-corrected chi connectivity index (χ3v) is 3.40. The molecule has 0 radical (unpaired) electrons. The Morgan fingerprint density at radius 3 is 2.24 bits per heavy atom. The van der Waals surface area contributed by atoms with Crippen molar-refractivity contribution in [2.45, 2.75) is 6.18 Å². The van der Waals surface area contributed by atoms with Crippen LogP contribution < -0.4 is 0 Å². The lowest BCUT2D eigenvalue weighted by atomic mass is 10.0. The molecule has 0 bridgehead atoms. The number of aromatic nitrogens is 1. The molecule has 0 amide bonds. The summed E-state index contributed by atoms with van der Waals surface area (Å²) in [7, 11) is 0. The lowest BCUT2D eigenvalue weighted by Gasteiger charge is -2.13. The van der Waals surface area contributed by atoms with E-state index in [9.17, 15) is 13.2 Å². The Morgan fingerprint density at radius 2 is 1.57 bits per heavy atom. The second kappa shape index (κ2) is 5.04. The van der Waals surface area contributed by atoms with Gasteiger partial charge in [-0.3, -0.25) is 0 Å². The molecule has 0 atom stereocenters. The summed E-state index contributed by atoms with van der Waals surface area (Å²) < 4.78 is 39.8. The molecule has 0 aliphatic carbocycles. The Labute approximate surface area is 124 Å². The molecular formula is C16H9ClF3N. The van der Waals surface area contributed by atoms with Crippen LogP contribution in [0.3, 0.4) is 0 Å². The fraction of sp³-hybridized carbons (Fsp3) is 0.0625. The average Bonchev–Trinajstić information content (AvgIpc) is 2.46. The molecule has 3 rings (SSSR count). The minimum Gasteiger partial charge on any atom is -0.247 e. The van der Waals surface area contributed by atoms with Crippen LogP contribution in [0.15, 0.2) is 54.6 Å². The van der Waals surface area contributed by atoms with Crippen LogP contribution in [-0.4, -0.2) is 4.98 Å². The average molecular weight is 308 g/mol. The number of hydrogen-bond acceptors (Lipinski definition) is 1. The Bertz CT molecular complexity index is 795. The first kappa shape index (κ1) is 13.9. The third-order valence-electron chi connectivity index (χ3n) is 3.15. The molecule has 0 aliphatic heterocycles. The van der Waals surface area contributed by atoms with Crippen LogP contribution in [0.5, 0.6) is 0 Å². The van der Waals surface area contributed by atoms with E-state index in [-0.39, 0.29) is 5.69 Å². The van der Waals surface area contributed by atoms with Crippen molar-refractivity contribution in [3.63, 3.8) is 0 Å². The van der Waals surface area contributed by atoms with E-state index < -0.39 is 11.7 Å². The number of nitrogens with zero attached hydrogens (tertiary/aromatic N) is 1. The highest BCUT2D eigenvalue weighted by molar-refractivity contribution is 6.30. The number of pyridine rings is 1. The first-order valence-corrected chi connectivity index (χ1v) is 6.56. The molecule has 1 nitrogen and oxygen atoms in total. The number of benzene rings is 2. The van der Waals surface area contributed by atoms with Crippen molar-refractivity contribution >= 4 is 22.5 Å². The first-order valence-electron chi connectivity index (χ1n) is 6.18. The quantitative estimate of drug-likeness (QED) is 0.572. The summed E-state index contributed by atoms with van der Waals surface area (Å²) in [5.41, 5.74) is 0.0781. The van der Waals surface area contributed by atoms with Crippen molar-refractivity contribution in [3.05, 3.63) is 65.2 Å². The Morgan fingerprint density at radius 1 is 0.905 bits per heavy atom. The number of halogens is 4. The highest BCUT2D eigenvalue weighted by Crippen LogP contribution is 2.37. The lowest BCUT2D eigenvalue weighted by Crippen LogP contribution is -2.08. The zero-order valence-electron chi connectivity index (χ0n) is 10.7. The van der Waals surface area contributed by atoms with Crippen molar-refractivity contribution < 1.29 is 13.2 Å². The summed E-state index contributed by atoms with van der Waals surface area (Å²) in [6.45, 7) is 0. The maximum absolute atomic E-state index is 13.3. The molecular weight excluding hydrogens is 299 g/mol. The summed E-state index contributed by atoms with van der Waals surface area (Å²) in [5, 5.41) is 0.927. The minimum atomic E-state index is -4.47. The molecule has 0 N–H and O–H groups in total. The van der Waals surface area contributed by atoms with E-state index >= 15 is 0 Å². The molecule has 21 heavy (non-hydrogen) atoms. The van der Waals surface area contributed by atoms with Gasteiger partial charge in [0.05, 0.1) is 16.8 Å². The van der Waals surface area contributed by atoms with Gasteiger partial charge in [0.15, 0.2) is 0 Å². The van der Waals surface area contributed by atoms with Gasteiger partial charge in [-0.05, 0) is 24.3 Å². The van der Waals surface area contributed by atoms with Crippen LogP contribution in [-0.2, 0) is 6.18 Å². The number of para-hydroxylation sites is 1. The zero-order chi connectivity index (χ0) is 15.0. The maximum Gasteiger partial charge on any atom is 0.418 e. The molecule has 0 fully saturated rings. The van der Waals surface area contributed by atoms with Gasteiger partial charge in [0.1, 0.15) is 0 Å². The summed E-state index contributed by atoms with van der Waals surface area (Å²) in [6.07, 6.45) is -4.47. The van der Waals surface area contributed by atoms with Crippen LogP contribution in [0.2, 0.25) is 5.02 Å². The fourth-order valence-corrected chi connectivity index (χ4v) is 2.29. The van der Waals surface area contributed by atoms with E-state index in [2.05, 4.69) is 4.98 Å². The molecule has 1 aromatic heterocycles. The van der Waals surface area contributed by atoms with Crippen molar-refractivity contribution in [2.75, 3.05) is 0 Å². The third kappa shape index (κ3) is 2.72. The smallest absolute Gasteiger partial charge is 0.247 e. The normalized spacial score (nSPS) is 11.8. The number of hydrogen-bond donors (Lipinski definition) is 0. The molecule has 0 unspecified atom stereocenters. The monoisotopic (exact) mass is 307 g/mol. The largest absolute Gasteiger partial charge is 0.418 e. The Kier molecular flexibility index (Phi) is 3.33. The van der Waals surface area contributed by atoms with Gasteiger partial charge in [0.25, 0.3) is 0 Å². The molecule has 5 heteroatoms. The molecule has 1 heterocycles. The number of fused-ring (bicyclic) bond motifs is 1.